The number of carbonyl (C=O) groups is 2. The SMILES string of the molecule is O=C(O)c1cc(-c2ccncc2)ccc1C(=O)N1CCN(S(=O)(=O)c2ccc3cc(Br)ccc3c2)CC1. The number of halogens is 1. The first-order chi connectivity index (χ1) is 17.7. The molecule has 0 bridgehead atoms. The van der Waals surface area contributed by atoms with E-state index in [1.807, 2.05) is 18.2 Å². The third kappa shape index (κ3) is 5.00. The first-order valence-corrected chi connectivity index (χ1v) is 13.7. The quantitative estimate of drug-likeness (QED) is 0.372. The summed E-state index contributed by atoms with van der Waals surface area (Å²) < 4.78 is 28.9. The van der Waals surface area contributed by atoms with Gasteiger partial charge >= 0.3 is 5.97 Å². The van der Waals surface area contributed by atoms with Crippen LogP contribution in [0, 0.1) is 0 Å². The fraction of sp³-hybridized carbons (Fsp3) is 0.148. The van der Waals surface area contributed by atoms with Crippen LogP contribution in [0.25, 0.3) is 21.9 Å². The molecule has 0 aliphatic carbocycles. The van der Waals surface area contributed by atoms with Crippen LogP contribution in [-0.2, 0) is 10.0 Å². The van der Waals surface area contributed by atoms with E-state index in [4.69, 9.17) is 0 Å². The standard InChI is InChI=1S/C27H22BrN3O5S/c28-22-4-1-20-16-23(5-2-19(20)15-22)37(35,36)31-13-11-30(12-14-31)26(32)24-6-3-21(17-25(24)27(33)34)18-7-9-29-10-8-18/h1-10,15-17H,11-14H2,(H,33,34). The summed E-state index contributed by atoms with van der Waals surface area (Å²) in [6, 6.07) is 18.9. The van der Waals surface area contributed by atoms with Crippen LogP contribution in [0.1, 0.15) is 20.7 Å². The van der Waals surface area contributed by atoms with Gasteiger partial charge < -0.3 is 10.0 Å². The largest absolute Gasteiger partial charge is 0.478 e. The summed E-state index contributed by atoms with van der Waals surface area (Å²) in [7, 11) is -3.75. The van der Waals surface area contributed by atoms with Gasteiger partial charge in [0, 0.05) is 43.0 Å². The highest BCUT2D eigenvalue weighted by molar-refractivity contribution is 9.10. The maximum Gasteiger partial charge on any atom is 0.336 e. The highest BCUT2D eigenvalue weighted by atomic mass is 79.9. The zero-order chi connectivity index (χ0) is 26.2. The normalized spacial score (nSPS) is 14.6. The molecule has 1 saturated heterocycles. The minimum atomic E-state index is -3.75. The van der Waals surface area contributed by atoms with Crippen molar-refractivity contribution in [3.05, 3.63) is 94.7 Å². The summed E-state index contributed by atoms with van der Waals surface area (Å²) in [5, 5.41) is 11.5. The van der Waals surface area contributed by atoms with Gasteiger partial charge in [0.25, 0.3) is 5.91 Å². The van der Waals surface area contributed by atoms with Crippen LogP contribution in [0.4, 0.5) is 0 Å². The van der Waals surface area contributed by atoms with Gasteiger partial charge in [0.15, 0.2) is 0 Å². The van der Waals surface area contributed by atoms with Crippen LogP contribution in [0.15, 0.2) is 88.5 Å². The Morgan fingerprint density at radius 2 is 1.46 bits per heavy atom. The first-order valence-electron chi connectivity index (χ1n) is 11.5. The Morgan fingerprint density at radius 1 is 0.784 bits per heavy atom. The number of amides is 1. The van der Waals surface area contributed by atoms with E-state index >= 15 is 0 Å². The monoisotopic (exact) mass is 579 g/mol. The number of carboxylic acid groups (broad SMARTS) is 1. The van der Waals surface area contributed by atoms with Crippen molar-refractivity contribution in [1.82, 2.24) is 14.2 Å². The molecular formula is C27H22BrN3O5S. The molecule has 188 valence electrons. The van der Waals surface area contributed by atoms with Crippen molar-refractivity contribution in [1.29, 1.82) is 0 Å². The highest BCUT2D eigenvalue weighted by Crippen LogP contribution is 2.27. The van der Waals surface area contributed by atoms with Crippen molar-refractivity contribution < 1.29 is 23.1 Å². The second-order valence-electron chi connectivity index (χ2n) is 8.65. The zero-order valence-electron chi connectivity index (χ0n) is 19.5. The van der Waals surface area contributed by atoms with E-state index in [1.165, 1.54) is 21.3 Å². The predicted octanol–water partition coefficient (Wildman–Crippen LogP) is 4.51. The van der Waals surface area contributed by atoms with Crippen LogP contribution in [0.2, 0.25) is 0 Å². The van der Waals surface area contributed by atoms with E-state index in [9.17, 15) is 23.1 Å². The lowest BCUT2D eigenvalue weighted by molar-refractivity contribution is 0.0656. The van der Waals surface area contributed by atoms with Crippen molar-refractivity contribution in [2.45, 2.75) is 4.90 Å². The molecule has 1 amide bonds. The topological polar surface area (TPSA) is 108 Å². The molecule has 4 aromatic rings. The van der Waals surface area contributed by atoms with Gasteiger partial charge in [0.05, 0.1) is 16.0 Å². The molecule has 3 aromatic carbocycles. The van der Waals surface area contributed by atoms with E-state index < -0.39 is 21.9 Å². The first kappa shape index (κ1) is 25.1. The summed E-state index contributed by atoms with van der Waals surface area (Å²) in [6.07, 6.45) is 3.22. The number of carboxylic acids is 1. The minimum Gasteiger partial charge on any atom is -0.478 e. The van der Waals surface area contributed by atoms with E-state index in [0.717, 1.165) is 20.8 Å². The Hall–Kier alpha value is -3.60. The second-order valence-corrected chi connectivity index (χ2v) is 11.5. The van der Waals surface area contributed by atoms with Gasteiger partial charge in [-0.2, -0.15) is 4.31 Å². The predicted molar refractivity (Wildman–Crippen MR) is 143 cm³/mol. The molecule has 1 aliphatic rings. The average Bonchev–Trinajstić information content (AvgIpc) is 2.92. The molecule has 8 nitrogen and oxygen atoms in total. The van der Waals surface area contributed by atoms with E-state index in [1.54, 1.807) is 48.8 Å². The Kier molecular flexibility index (Phi) is 6.80. The number of aromatic carboxylic acids is 1. The molecule has 37 heavy (non-hydrogen) atoms. The highest BCUT2D eigenvalue weighted by Gasteiger charge is 2.32. The Balaban J connectivity index is 1.33. The second kappa shape index (κ2) is 10.0. The molecule has 0 radical (unpaired) electrons. The smallest absolute Gasteiger partial charge is 0.336 e. The van der Waals surface area contributed by atoms with Gasteiger partial charge in [-0.15, -0.1) is 0 Å². The number of rotatable bonds is 5. The maximum absolute atomic E-state index is 13.3. The molecular weight excluding hydrogens is 558 g/mol. The number of hydrogen-bond acceptors (Lipinski definition) is 5. The Labute approximate surface area is 222 Å². The van der Waals surface area contributed by atoms with Crippen LogP contribution >= 0.6 is 15.9 Å². The fourth-order valence-electron chi connectivity index (χ4n) is 4.44. The van der Waals surface area contributed by atoms with Crippen LogP contribution < -0.4 is 0 Å². The zero-order valence-corrected chi connectivity index (χ0v) is 21.9. The van der Waals surface area contributed by atoms with Crippen molar-refractivity contribution in [2.75, 3.05) is 26.2 Å². The fourth-order valence-corrected chi connectivity index (χ4v) is 6.27. The molecule has 0 saturated carbocycles. The maximum atomic E-state index is 13.3. The van der Waals surface area contributed by atoms with Gasteiger partial charge in [-0.25, -0.2) is 13.2 Å². The van der Waals surface area contributed by atoms with E-state index in [0.29, 0.717) is 5.56 Å². The number of aromatic nitrogens is 1. The molecule has 0 atom stereocenters. The third-order valence-corrected chi connectivity index (χ3v) is 8.82. The van der Waals surface area contributed by atoms with Crippen molar-refractivity contribution in [3.63, 3.8) is 0 Å². The molecule has 0 unspecified atom stereocenters. The van der Waals surface area contributed by atoms with E-state index in [-0.39, 0.29) is 42.2 Å². The molecule has 0 spiro atoms. The number of carbonyl (C=O) groups excluding carboxylic acids is 1. The van der Waals surface area contributed by atoms with Crippen LogP contribution in [0.5, 0.6) is 0 Å². The van der Waals surface area contributed by atoms with Crippen LogP contribution in [-0.4, -0.2) is 65.8 Å². The molecule has 1 fully saturated rings. The summed E-state index contributed by atoms with van der Waals surface area (Å²) in [5.41, 5.74) is 1.42. The molecule has 2 heterocycles. The summed E-state index contributed by atoms with van der Waals surface area (Å²) in [5.74, 6) is -1.64. The number of hydrogen-bond donors (Lipinski definition) is 1. The lowest BCUT2D eigenvalue weighted by Gasteiger charge is -2.34. The molecule has 1 N–H and O–H groups in total. The summed E-state index contributed by atoms with van der Waals surface area (Å²) in [6.45, 7) is 0.543. The van der Waals surface area contributed by atoms with Gasteiger partial charge in [-0.1, -0.05) is 34.1 Å². The number of piperazine rings is 1. The summed E-state index contributed by atoms with van der Waals surface area (Å²) in [4.78, 5) is 30.9. The van der Waals surface area contributed by atoms with E-state index in [2.05, 4.69) is 20.9 Å². The number of pyridine rings is 1. The molecule has 1 aromatic heterocycles. The lowest BCUT2D eigenvalue weighted by Crippen LogP contribution is -2.50. The molecule has 10 heteroatoms. The number of sulfonamides is 1. The van der Waals surface area contributed by atoms with Gasteiger partial charge in [-0.05, 0) is 70.4 Å². The van der Waals surface area contributed by atoms with Crippen molar-refractivity contribution in [3.8, 4) is 11.1 Å². The van der Waals surface area contributed by atoms with Gasteiger partial charge in [0.2, 0.25) is 10.0 Å². The minimum absolute atomic E-state index is 0.0716. The average molecular weight is 580 g/mol. The molecule has 1 aliphatic heterocycles. The third-order valence-electron chi connectivity index (χ3n) is 6.43. The van der Waals surface area contributed by atoms with Gasteiger partial charge in [0.1, 0.15) is 0 Å². The number of benzene rings is 3. The Morgan fingerprint density at radius 3 is 2.16 bits per heavy atom. The number of nitrogens with zero attached hydrogens (tertiary/aromatic N) is 3. The molecule has 5 rings (SSSR count). The van der Waals surface area contributed by atoms with Crippen molar-refractivity contribution in [2.24, 2.45) is 0 Å². The van der Waals surface area contributed by atoms with Crippen LogP contribution in [0.3, 0.4) is 0 Å². The van der Waals surface area contributed by atoms with Crippen molar-refractivity contribution >= 4 is 48.6 Å². The number of fused-ring (bicyclic) bond motifs is 1. The Bertz CT molecular complexity index is 1620. The van der Waals surface area contributed by atoms with Gasteiger partial charge in [-0.3, -0.25) is 9.78 Å². The summed E-state index contributed by atoms with van der Waals surface area (Å²) >= 11 is 3.42. The lowest BCUT2D eigenvalue weighted by atomic mass is 9.99.